The highest BCUT2D eigenvalue weighted by atomic mass is 32.2. The second-order valence-corrected chi connectivity index (χ2v) is 5.64. The van der Waals surface area contributed by atoms with Crippen LogP contribution in [0.5, 0.6) is 0 Å². The Morgan fingerprint density at radius 1 is 1.50 bits per heavy atom. The van der Waals surface area contributed by atoms with Crippen molar-refractivity contribution in [2.45, 2.75) is 49.9 Å². The predicted molar refractivity (Wildman–Crippen MR) is 69.7 cm³/mol. The summed E-state index contributed by atoms with van der Waals surface area (Å²) in [6.45, 7) is 2.21. The van der Waals surface area contributed by atoms with Crippen molar-refractivity contribution in [1.82, 2.24) is 15.5 Å². The van der Waals surface area contributed by atoms with Gasteiger partial charge in [0.25, 0.3) is 0 Å². The Morgan fingerprint density at radius 2 is 2.31 bits per heavy atom. The molecule has 0 aliphatic heterocycles. The summed E-state index contributed by atoms with van der Waals surface area (Å²) >= 11 is 2.00. The molecule has 0 aromatic carbocycles. The molecule has 1 aliphatic carbocycles. The molecule has 90 valence electrons. The summed E-state index contributed by atoms with van der Waals surface area (Å²) in [7, 11) is 0. The van der Waals surface area contributed by atoms with Gasteiger partial charge in [-0.2, -0.15) is 16.9 Å². The Bertz CT molecular complexity index is 299. The molecule has 0 saturated heterocycles. The highest BCUT2D eigenvalue weighted by Gasteiger charge is 2.25. The van der Waals surface area contributed by atoms with E-state index in [1.807, 2.05) is 18.0 Å². The zero-order chi connectivity index (χ0) is 11.4. The van der Waals surface area contributed by atoms with Gasteiger partial charge in [0, 0.05) is 23.5 Å². The molecule has 2 rings (SSSR count). The Morgan fingerprint density at radius 3 is 3.00 bits per heavy atom. The Labute approximate surface area is 102 Å². The predicted octanol–water partition coefficient (Wildman–Crippen LogP) is 2.73. The van der Waals surface area contributed by atoms with Crippen LogP contribution in [0.15, 0.2) is 12.3 Å². The van der Waals surface area contributed by atoms with E-state index in [9.17, 15) is 0 Å². The average molecular weight is 239 g/mol. The van der Waals surface area contributed by atoms with Crippen LogP contribution in [0.25, 0.3) is 0 Å². The minimum atomic E-state index is 0.375. The lowest BCUT2D eigenvalue weighted by Crippen LogP contribution is -2.41. The van der Waals surface area contributed by atoms with Crippen molar-refractivity contribution in [3.8, 4) is 0 Å². The van der Waals surface area contributed by atoms with Gasteiger partial charge in [-0.25, -0.2) is 0 Å². The lowest BCUT2D eigenvalue weighted by Gasteiger charge is -2.33. The van der Waals surface area contributed by atoms with Crippen LogP contribution in [0.4, 0.5) is 0 Å². The SMILES string of the molecule is CSC1CCCCC1NC(C)c1ccn[nH]1. The number of hydrogen-bond donors (Lipinski definition) is 2. The molecule has 0 amide bonds. The maximum atomic E-state index is 4.01. The summed E-state index contributed by atoms with van der Waals surface area (Å²) in [5.41, 5.74) is 1.19. The van der Waals surface area contributed by atoms with Gasteiger partial charge in [0.1, 0.15) is 0 Å². The van der Waals surface area contributed by atoms with Gasteiger partial charge in [-0.1, -0.05) is 12.8 Å². The number of rotatable bonds is 4. The first-order valence-corrected chi connectivity index (χ1v) is 7.38. The van der Waals surface area contributed by atoms with Gasteiger partial charge >= 0.3 is 0 Å². The lowest BCUT2D eigenvalue weighted by molar-refractivity contribution is 0.354. The van der Waals surface area contributed by atoms with E-state index in [0.29, 0.717) is 12.1 Å². The van der Waals surface area contributed by atoms with Crippen molar-refractivity contribution in [1.29, 1.82) is 0 Å². The third-order valence-corrected chi connectivity index (χ3v) is 4.63. The number of nitrogens with one attached hydrogen (secondary N) is 2. The second-order valence-electron chi connectivity index (χ2n) is 4.57. The smallest absolute Gasteiger partial charge is 0.0518 e. The third-order valence-electron chi connectivity index (χ3n) is 3.46. The fourth-order valence-electron chi connectivity index (χ4n) is 2.49. The van der Waals surface area contributed by atoms with Crippen LogP contribution in [0.2, 0.25) is 0 Å². The molecule has 1 saturated carbocycles. The summed E-state index contributed by atoms with van der Waals surface area (Å²) < 4.78 is 0. The van der Waals surface area contributed by atoms with Gasteiger partial charge in [0.2, 0.25) is 0 Å². The first-order valence-electron chi connectivity index (χ1n) is 6.09. The highest BCUT2D eigenvalue weighted by molar-refractivity contribution is 7.99. The zero-order valence-electron chi connectivity index (χ0n) is 10.1. The van der Waals surface area contributed by atoms with Crippen LogP contribution in [0.1, 0.15) is 44.3 Å². The summed E-state index contributed by atoms with van der Waals surface area (Å²) in [6, 6.07) is 3.08. The van der Waals surface area contributed by atoms with Gasteiger partial charge in [-0.15, -0.1) is 0 Å². The van der Waals surface area contributed by atoms with Crippen molar-refractivity contribution < 1.29 is 0 Å². The van der Waals surface area contributed by atoms with Crippen molar-refractivity contribution >= 4 is 11.8 Å². The van der Waals surface area contributed by atoms with Crippen LogP contribution in [0, 0.1) is 0 Å². The molecular weight excluding hydrogens is 218 g/mol. The van der Waals surface area contributed by atoms with E-state index in [-0.39, 0.29) is 0 Å². The molecule has 2 N–H and O–H groups in total. The summed E-state index contributed by atoms with van der Waals surface area (Å²) in [5.74, 6) is 0. The van der Waals surface area contributed by atoms with Gasteiger partial charge in [-0.3, -0.25) is 5.10 Å². The molecule has 1 aromatic heterocycles. The maximum Gasteiger partial charge on any atom is 0.0518 e. The van der Waals surface area contributed by atoms with E-state index in [1.165, 1.54) is 31.4 Å². The van der Waals surface area contributed by atoms with E-state index >= 15 is 0 Å². The van der Waals surface area contributed by atoms with Crippen LogP contribution in [0.3, 0.4) is 0 Å². The fourth-order valence-corrected chi connectivity index (χ4v) is 3.43. The van der Waals surface area contributed by atoms with E-state index < -0.39 is 0 Å². The summed E-state index contributed by atoms with van der Waals surface area (Å²) in [6.07, 6.45) is 9.47. The quantitative estimate of drug-likeness (QED) is 0.849. The van der Waals surface area contributed by atoms with Gasteiger partial charge in [-0.05, 0) is 32.1 Å². The van der Waals surface area contributed by atoms with Crippen molar-refractivity contribution in [3.63, 3.8) is 0 Å². The molecule has 0 radical (unpaired) electrons. The zero-order valence-corrected chi connectivity index (χ0v) is 10.9. The molecule has 1 aromatic rings. The average Bonchev–Trinajstić information content (AvgIpc) is 2.83. The molecule has 1 heterocycles. The number of aromatic amines is 1. The first kappa shape index (κ1) is 12.0. The molecule has 3 atom stereocenters. The number of H-pyrrole nitrogens is 1. The van der Waals surface area contributed by atoms with Gasteiger partial charge in [0.05, 0.1) is 5.69 Å². The fraction of sp³-hybridized carbons (Fsp3) is 0.750. The molecule has 4 heteroatoms. The number of hydrogen-bond acceptors (Lipinski definition) is 3. The minimum Gasteiger partial charge on any atom is -0.305 e. The Hall–Kier alpha value is -0.480. The monoisotopic (exact) mass is 239 g/mol. The van der Waals surface area contributed by atoms with E-state index in [2.05, 4.69) is 34.8 Å². The Balaban J connectivity index is 1.92. The van der Waals surface area contributed by atoms with E-state index in [1.54, 1.807) is 0 Å². The summed E-state index contributed by atoms with van der Waals surface area (Å²) in [4.78, 5) is 0. The molecule has 3 unspecified atom stereocenters. The second kappa shape index (κ2) is 5.73. The minimum absolute atomic E-state index is 0.375. The molecule has 1 fully saturated rings. The van der Waals surface area contributed by atoms with Crippen LogP contribution < -0.4 is 5.32 Å². The third kappa shape index (κ3) is 2.80. The van der Waals surface area contributed by atoms with Gasteiger partial charge in [0.15, 0.2) is 0 Å². The number of aromatic nitrogens is 2. The molecular formula is C12H21N3S. The van der Waals surface area contributed by atoms with Crippen molar-refractivity contribution in [2.75, 3.05) is 6.26 Å². The molecule has 1 aliphatic rings. The van der Waals surface area contributed by atoms with E-state index in [4.69, 9.17) is 0 Å². The standard InChI is InChI=1S/C12H21N3S/c1-9(10-7-8-13-15-10)14-11-5-3-4-6-12(11)16-2/h7-9,11-12,14H,3-6H2,1-2H3,(H,13,15). The topological polar surface area (TPSA) is 40.7 Å². The molecule has 3 nitrogen and oxygen atoms in total. The number of nitrogens with zero attached hydrogens (tertiary/aromatic N) is 1. The largest absolute Gasteiger partial charge is 0.305 e. The van der Waals surface area contributed by atoms with Crippen molar-refractivity contribution in [3.05, 3.63) is 18.0 Å². The van der Waals surface area contributed by atoms with Gasteiger partial charge < -0.3 is 5.32 Å². The number of thioether (sulfide) groups is 1. The van der Waals surface area contributed by atoms with Crippen LogP contribution in [-0.4, -0.2) is 27.7 Å². The van der Waals surface area contributed by atoms with Crippen LogP contribution in [-0.2, 0) is 0 Å². The highest BCUT2D eigenvalue weighted by Crippen LogP contribution is 2.28. The lowest BCUT2D eigenvalue weighted by atomic mass is 9.94. The Kier molecular flexibility index (Phi) is 4.29. The molecule has 0 bridgehead atoms. The summed E-state index contributed by atoms with van der Waals surface area (Å²) in [5, 5.41) is 11.6. The maximum absolute atomic E-state index is 4.01. The van der Waals surface area contributed by atoms with E-state index in [0.717, 1.165) is 5.25 Å². The van der Waals surface area contributed by atoms with Crippen LogP contribution >= 0.6 is 11.8 Å². The van der Waals surface area contributed by atoms with Crippen molar-refractivity contribution in [2.24, 2.45) is 0 Å². The normalized spacial score (nSPS) is 27.9. The molecule has 0 spiro atoms. The first-order chi connectivity index (χ1) is 7.81. The molecule has 16 heavy (non-hydrogen) atoms.